The summed E-state index contributed by atoms with van der Waals surface area (Å²) in [4.78, 5) is 0. The van der Waals surface area contributed by atoms with Crippen LogP contribution < -0.4 is 11.2 Å². The number of hydrogen-bond acceptors (Lipinski definition) is 3. The molecular formula is C9H11N3O. The molecule has 0 atom stereocenters. The Bertz CT molecular complexity index is 447. The van der Waals surface area contributed by atoms with Crippen molar-refractivity contribution < 1.29 is 5.11 Å². The van der Waals surface area contributed by atoms with Gasteiger partial charge in [-0.1, -0.05) is 0 Å². The molecule has 0 aliphatic heterocycles. The molecule has 1 aromatic heterocycles. The fourth-order valence-electron chi connectivity index (χ4n) is 1.38. The summed E-state index contributed by atoms with van der Waals surface area (Å²) in [7, 11) is 1.82. The lowest BCUT2D eigenvalue weighted by atomic mass is 10.2. The number of aromatic hydroxyl groups is 1. The van der Waals surface area contributed by atoms with Crippen LogP contribution in [0.4, 0.5) is 5.69 Å². The van der Waals surface area contributed by atoms with E-state index in [0.717, 1.165) is 10.9 Å². The Kier molecular flexibility index (Phi) is 1.55. The number of phenols is 1. The summed E-state index contributed by atoms with van der Waals surface area (Å²) in [6.07, 6.45) is 1.88. The Morgan fingerprint density at radius 2 is 2.23 bits per heavy atom. The van der Waals surface area contributed by atoms with Crippen LogP contribution in [0.2, 0.25) is 0 Å². The van der Waals surface area contributed by atoms with Gasteiger partial charge in [-0.25, -0.2) is 0 Å². The van der Waals surface area contributed by atoms with Crippen LogP contribution in [0.3, 0.4) is 0 Å². The Balaban J connectivity index is 2.77. The topological polar surface area (TPSA) is 63.2 Å². The van der Waals surface area contributed by atoms with Crippen LogP contribution in [0.15, 0.2) is 24.4 Å². The monoisotopic (exact) mass is 177 g/mol. The number of benzene rings is 1. The molecular weight excluding hydrogens is 166 g/mol. The first-order valence-electron chi connectivity index (χ1n) is 3.99. The average Bonchev–Trinajstić information content (AvgIpc) is 2.48. The first-order valence-corrected chi connectivity index (χ1v) is 3.99. The molecule has 0 aliphatic carbocycles. The van der Waals surface area contributed by atoms with Crippen LogP contribution in [0.1, 0.15) is 0 Å². The van der Waals surface area contributed by atoms with Crippen molar-refractivity contribution in [3.05, 3.63) is 24.4 Å². The fraction of sp³-hybridized carbons (Fsp3) is 0.111. The predicted octanol–water partition coefficient (Wildman–Crippen LogP) is 1.10. The maximum atomic E-state index is 9.34. The molecule has 4 N–H and O–H groups in total. The highest BCUT2D eigenvalue weighted by atomic mass is 16.3. The average molecular weight is 177 g/mol. The minimum atomic E-state index is 0.126. The molecule has 1 heterocycles. The third-order valence-corrected chi connectivity index (χ3v) is 2.08. The van der Waals surface area contributed by atoms with E-state index in [1.165, 1.54) is 0 Å². The van der Waals surface area contributed by atoms with E-state index in [9.17, 15) is 5.11 Å². The molecule has 0 saturated carbocycles. The molecule has 1 aromatic carbocycles. The smallest absolute Gasteiger partial charge is 0.139 e. The van der Waals surface area contributed by atoms with Gasteiger partial charge >= 0.3 is 0 Å². The zero-order valence-electron chi connectivity index (χ0n) is 7.28. The van der Waals surface area contributed by atoms with Gasteiger partial charge < -0.3 is 16.3 Å². The Morgan fingerprint density at radius 3 is 2.92 bits per heavy atom. The number of aromatic nitrogens is 1. The number of anilines is 1. The highest BCUT2D eigenvalue weighted by Crippen LogP contribution is 2.26. The fourth-order valence-corrected chi connectivity index (χ4v) is 1.38. The van der Waals surface area contributed by atoms with Gasteiger partial charge in [-0.3, -0.25) is 4.68 Å². The molecule has 0 spiro atoms. The van der Waals surface area contributed by atoms with Crippen molar-refractivity contribution in [3.8, 4) is 5.75 Å². The SMILES string of the molecule is CNn1ccc2cc(O)c(N)cc21. The zero-order chi connectivity index (χ0) is 9.42. The molecule has 0 bridgehead atoms. The largest absolute Gasteiger partial charge is 0.506 e. The quantitative estimate of drug-likeness (QED) is 0.451. The van der Waals surface area contributed by atoms with Gasteiger partial charge in [0.25, 0.3) is 0 Å². The number of hydrogen-bond donors (Lipinski definition) is 3. The second-order valence-corrected chi connectivity index (χ2v) is 2.88. The standard InChI is InChI=1S/C9H11N3O/c1-11-12-3-2-6-4-9(13)7(10)5-8(6)12/h2-5,11,13H,10H2,1H3. The van der Waals surface area contributed by atoms with E-state index in [4.69, 9.17) is 5.73 Å². The van der Waals surface area contributed by atoms with E-state index in [1.807, 2.05) is 24.0 Å². The van der Waals surface area contributed by atoms with Gasteiger partial charge in [0.05, 0.1) is 11.2 Å². The summed E-state index contributed by atoms with van der Waals surface area (Å²) in [5, 5.41) is 10.3. The zero-order valence-corrected chi connectivity index (χ0v) is 7.28. The molecule has 68 valence electrons. The molecule has 2 aromatic rings. The normalized spacial score (nSPS) is 10.5. The van der Waals surface area contributed by atoms with Gasteiger partial charge in [0.1, 0.15) is 5.75 Å². The molecule has 0 unspecified atom stereocenters. The van der Waals surface area contributed by atoms with E-state index in [0.29, 0.717) is 5.69 Å². The van der Waals surface area contributed by atoms with E-state index >= 15 is 0 Å². The third kappa shape index (κ3) is 1.07. The number of nitrogens with zero attached hydrogens (tertiary/aromatic N) is 1. The lowest BCUT2D eigenvalue weighted by molar-refractivity contribution is 0.479. The molecule has 0 amide bonds. The third-order valence-electron chi connectivity index (χ3n) is 2.08. The molecule has 4 heteroatoms. The van der Waals surface area contributed by atoms with Gasteiger partial charge in [0.15, 0.2) is 0 Å². The minimum absolute atomic E-state index is 0.126. The van der Waals surface area contributed by atoms with Crippen molar-refractivity contribution in [2.75, 3.05) is 18.2 Å². The van der Waals surface area contributed by atoms with Crippen LogP contribution in [0.25, 0.3) is 10.9 Å². The number of rotatable bonds is 1. The summed E-state index contributed by atoms with van der Waals surface area (Å²) in [6.45, 7) is 0. The van der Waals surface area contributed by atoms with Gasteiger partial charge in [0, 0.05) is 18.6 Å². The number of nitrogens with two attached hydrogens (primary N) is 1. The first kappa shape index (κ1) is 7.79. The molecule has 0 radical (unpaired) electrons. The first-order chi connectivity index (χ1) is 6.22. The highest BCUT2D eigenvalue weighted by molar-refractivity contribution is 5.86. The summed E-state index contributed by atoms with van der Waals surface area (Å²) in [6, 6.07) is 5.30. The van der Waals surface area contributed by atoms with Crippen molar-refractivity contribution in [2.45, 2.75) is 0 Å². The Hall–Kier alpha value is -1.84. The van der Waals surface area contributed by atoms with Crippen LogP contribution in [-0.2, 0) is 0 Å². The van der Waals surface area contributed by atoms with Crippen molar-refractivity contribution in [3.63, 3.8) is 0 Å². The van der Waals surface area contributed by atoms with E-state index in [2.05, 4.69) is 5.43 Å². The molecule has 2 rings (SSSR count). The summed E-state index contributed by atoms with van der Waals surface area (Å²) in [5.41, 5.74) is 9.90. The van der Waals surface area contributed by atoms with Gasteiger partial charge in [-0.2, -0.15) is 0 Å². The Labute approximate surface area is 75.6 Å². The number of nitrogen functional groups attached to an aromatic ring is 1. The summed E-state index contributed by atoms with van der Waals surface area (Å²) >= 11 is 0. The van der Waals surface area contributed by atoms with E-state index in [-0.39, 0.29) is 5.75 Å². The second-order valence-electron chi connectivity index (χ2n) is 2.88. The summed E-state index contributed by atoms with van der Waals surface area (Å²) in [5.74, 6) is 0.126. The number of nitrogens with one attached hydrogen (secondary N) is 1. The van der Waals surface area contributed by atoms with Crippen molar-refractivity contribution in [1.29, 1.82) is 0 Å². The molecule has 13 heavy (non-hydrogen) atoms. The van der Waals surface area contributed by atoms with Gasteiger partial charge in [-0.15, -0.1) is 0 Å². The van der Waals surface area contributed by atoms with Crippen LogP contribution >= 0.6 is 0 Å². The van der Waals surface area contributed by atoms with Crippen molar-refractivity contribution in [2.24, 2.45) is 0 Å². The van der Waals surface area contributed by atoms with Crippen LogP contribution in [-0.4, -0.2) is 16.8 Å². The van der Waals surface area contributed by atoms with Crippen molar-refractivity contribution in [1.82, 2.24) is 4.68 Å². The van der Waals surface area contributed by atoms with Crippen LogP contribution in [0.5, 0.6) is 5.75 Å². The van der Waals surface area contributed by atoms with Crippen LogP contribution in [0, 0.1) is 0 Å². The maximum Gasteiger partial charge on any atom is 0.139 e. The number of phenolic OH excluding ortho intramolecular Hbond substituents is 1. The molecule has 0 saturated heterocycles. The lowest BCUT2D eigenvalue weighted by Crippen LogP contribution is -2.06. The van der Waals surface area contributed by atoms with Gasteiger partial charge in [-0.05, 0) is 18.2 Å². The minimum Gasteiger partial charge on any atom is -0.506 e. The lowest BCUT2D eigenvalue weighted by Gasteiger charge is -2.04. The second kappa shape index (κ2) is 2.58. The summed E-state index contributed by atoms with van der Waals surface area (Å²) < 4.78 is 1.84. The molecule has 0 fully saturated rings. The molecule has 0 aliphatic rings. The van der Waals surface area contributed by atoms with Crippen molar-refractivity contribution >= 4 is 16.6 Å². The maximum absolute atomic E-state index is 9.34. The highest BCUT2D eigenvalue weighted by Gasteiger charge is 2.03. The predicted molar refractivity (Wildman–Crippen MR) is 53.3 cm³/mol. The van der Waals surface area contributed by atoms with E-state index < -0.39 is 0 Å². The Morgan fingerprint density at radius 1 is 1.46 bits per heavy atom. The van der Waals surface area contributed by atoms with E-state index in [1.54, 1.807) is 12.1 Å². The number of fused-ring (bicyclic) bond motifs is 1. The van der Waals surface area contributed by atoms with Gasteiger partial charge in [0.2, 0.25) is 0 Å². The molecule has 4 nitrogen and oxygen atoms in total.